The molecule has 0 fully saturated rings. The Kier molecular flexibility index (Phi) is 4.22. The molecule has 0 amide bonds. The molecule has 1 atom stereocenters. The number of hydrogen-bond donors (Lipinski definition) is 1. The van der Waals surface area contributed by atoms with E-state index in [0.717, 1.165) is 0 Å². The summed E-state index contributed by atoms with van der Waals surface area (Å²) in [5.74, 6) is 0.207. The minimum atomic E-state index is -0.703. The van der Waals surface area contributed by atoms with Crippen LogP contribution in [0.2, 0.25) is 0 Å². The van der Waals surface area contributed by atoms with E-state index in [-0.39, 0.29) is 5.92 Å². The fraction of sp³-hybridized carbons (Fsp3) is 0.889. The Labute approximate surface area is 74.6 Å². The Hall–Kier alpha value is -0.590. The summed E-state index contributed by atoms with van der Waals surface area (Å²) in [5.41, 5.74) is -0.703. The number of rotatable bonds is 4. The van der Waals surface area contributed by atoms with Gasteiger partial charge >= 0.3 is 0 Å². The van der Waals surface area contributed by atoms with Gasteiger partial charge in [0.2, 0.25) is 0 Å². The van der Waals surface area contributed by atoms with Crippen LogP contribution in [0.4, 0.5) is 0 Å². The minimum absolute atomic E-state index is 0.207. The topological polar surface area (TPSA) is 47.3 Å². The largest absolute Gasteiger partial charge is 0.389 e. The molecular formula is C9H18N2O. The van der Waals surface area contributed by atoms with Crippen molar-refractivity contribution in [1.82, 2.24) is 4.90 Å². The smallest absolute Gasteiger partial charge is 0.0864 e. The predicted octanol–water partition coefficient (Wildman–Crippen LogP) is 0.849. The molecule has 3 nitrogen and oxygen atoms in total. The summed E-state index contributed by atoms with van der Waals surface area (Å²) in [6.45, 7) is 6.65. The van der Waals surface area contributed by atoms with Crippen LogP contribution in [0.25, 0.3) is 0 Å². The lowest BCUT2D eigenvalue weighted by Gasteiger charge is -2.31. The number of aliphatic hydroxyl groups is 1. The summed E-state index contributed by atoms with van der Waals surface area (Å²) in [6.07, 6.45) is 0. The van der Waals surface area contributed by atoms with Gasteiger partial charge in [-0.3, -0.25) is 4.90 Å². The van der Waals surface area contributed by atoms with E-state index in [2.05, 4.69) is 0 Å². The summed E-state index contributed by atoms with van der Waals surface area (Å²) in [4.78, 5) is 1.82. The standard InChI is InChI=1S/C9H18N2O/c1-8(2)9(3,12)7-11(4)6-5-10/h8,12H,6-7H2,1-4H3. The van der Waals surface area contributed by atoms with Gasteiger partial charge in [-0.05, 0) is 19.9 Å². The maximum Gasteiger partial charge on any atom is 0.0864 e. The molecule has 0 rings (SSSR count). The molecule has 0 aromatic heterocycles. The number of likely N-dealkylation sites (N-methyl/N-ethyl adjacent to an activating group) is 1. The molecule has 0 saturated carbocycles. The summed E-state index contributed by atoms with van der Waals surface area (Å²) in [6, 6.07) is 2.04. The van der Waals surface area contributed by atoms with E-state index in [1.165, 1.54) is 0 Å². The first-order chi connectivity index (χ1) is 5.40. The number of hydrogen-bond acceptors (Lipinski definition) is 3. The molecule has 0 aliphatic carbocycles. The minimum Gasteiger partial charge on any atom is -0.389 e. The van der Waals surface area contributed by atoms with Crippen LogP contribution in [-0.2, 0) is 0 Å². The Bertz CT molecular complexity index is 170. The third kappa shape index (κ3) is 3.70. The summed E-state index contributed by atoms with van der Waals surface area (Å²) in [5, 5.41) is 18.2. The number of nitriles is 1. The van der Waals surface area contributed by atoms with Gasteiger partial charge in [-0.15, -0.1) is 0 Å². The van der Waals surface area contributed by atoms with E-state index in [4.69, 9.17) is 5.26 Å². The first kappa shape index (κ1) is 11.4. The molecule has 0 radical (unpaired) electrons. The van der Waals surface area contributed by atoms with Gasteiger partial charge in [0.05, 0.1) is 18.2 Å². The third-order valence-corrected chi connectivity index (χ3v) is 2.17. The van der Waals surface area contributed by atoms with Gasteiger partial charge in [0, 0.05) is 6.54 Å². The molecule has 1 unspecified atom stereocenters. The highest BCUT2D eigenvalue weighted by molar-refractivity contribution is 4.83. The quantitative estimate of drug-likeness (QED) is 0.636. The van der Waals surface area contributed by atoms with Crippen molar-refractivity contribution in [3.05, 3.63) is 0 Å². The summed E-state index contributed by atoms with van der Waals surface area (Å²) < 4.78 is 0. The molecular weight excluding hydrogens is 152 g/mol. The zero-order chi connectivity index (χ0) is 9.78. The van der Waals surface area contributed by atoms with Crippen LogP contribution in [0.15, 0.2) is 0 Å². The molecule has 70 valence electrons. The molecule has 3 heteroatoms. The molecule has 0 saturated heterocycles. The Morgan fingerprint density at radius 2 is 2.08 bits per heavy atom. The molecule has 0 spiro atoms. The molecule has 1 N–H and O–H groups in total. The lowest BCUT2D eigenvalue weighted by atomic mass is 9.92. The maximum absolute atomic E-state index is 9.84. The van der Waals surface area contributed by atoms with Crippen LogP contribution < -0.4 is 0 Å². The van der Waals surface area contributed by atoms with E-state index in [0.29, 0.717) is 13.1 Å². The van der Waals surface area contributed by atoms with Crippen LogP contribution in [0, 0.1) is 17.2 Å². The van der Waals surface area contributed by atoms with Crippen molar-refractivity contribution in [3.8, 4) is 6.07 Å². The molecule has 0 aliphatic heterocycles. The summed E-state index contributed by atoms with van der Waals surface area (Å²) in [7, 11) is 1.83. The lowest BCUT2D eigenvalue weighted by Crippen LogP contribution is -2.43. The van der Waals surface area contributed by atoms with Crippen LogP contribution in [-0.4, -0.2) is 35.7 Å². The van der Waals surface area contributed by atoms with Gasteiger partial charge in [0.15, 0.2) is 0 Å². The molecule has 0 aromatic rings. The van der Waals surface area contributed by atoms with Crippen LogP contribution in [0.5, 0.6) is 0 Å². The maximum atomic E-state index is 9.84. The molecule has 12 heavy (non-hydrogen) atoms. The predicted molar refractivity (Wildman–Crippen MR) is 48.6 cm³/mol. The number of nitrogens with zero attached hydrogens (tertiary/aromatic N) is 2. The van der Waals surface area contributed by atoms with Gasteiger partial charge in [0.1, 0.15) is 0 Å². The van der Waals surface area contributed by atoms with Gasteiger partial charge in [-0.25, -0.2) is 0 Å². The fourth-order valence-corrected chi connectivity index (χ4v) is 0.906. The average molecular weight is 170 g/mol. The van der Waals surface area contributed by atoms with E-state index >= 15 is 0 Å². The molecule has 0 aromatic carbocycles. The highest BCUT2D eigenvalue weighted by Gasteiger charge is 2.26. The second-order valence-corrected chi connectivity index (χ2v) is 3.84. The Balaban J connectivity index is 3.98. The van der Waals surface area contributed by atoms with Crippen LogP contribution in [0.1, 0.15) is 20.8 Å². The van der Waals surface area contributed by atoms with Crippen molar-refractivity contribution >= 4 is 0 Å². The van der Waals surface area contributed by atoms with E-state index in [9.17, 15) is 5.11 Å². The second-order valence-electron chi connectivity index (χ2n) is 3.84. The molecule has 0 bridgehead atoms. The molecule has 0 heterocycles. The highest BCUT2D eigenvalue weighted by Crippen LogP contribution is 2.16. The van der Waals surface area contributed by atoms with Crippen molar-refractivity contribution in [3.63, 3.8) is 0 Å². The first-order valence-electron chi connectivity index (χ1n) is 4.18. The van der Waals surface area contributed by atoms with Gasteiger partial charge in [-0.1, -0.05) is 13.8 Å². The van der Waals surface area contributed by atoms with E-state index in [1.807, 2.05) is 31.9 Å². The van der Waals surface area contributed by atoms with Gasteiger partial charge in [0.25, 0.3) is 0 Å². The Morgan fingerprint density at radius 1 is 1.58 bits per heavy atom. The highest BCUT2D eigenvalue weighted by atomic mass is 16.3. The van der Waals surface area contributed by atoms with E-state index < -0.39 is 5.60 Å². The van der Waals surface area contributed by atoms with Crippen molar-refractivity contribution in [2.75, 3.05) is 20.1 Å². The first-order valence-corrected chi connectivity index (χ1v) is 4.18. The van der Waals surface area contributed by atoms with E-state index in [1.54, 1.807) is 6.92 Å². The lowest BCUT2D eigenvalue weighted by molar-refractivity contribution is -0.0105. The third-order valence-electron chi connectivity index (χ3n) is 2.17. The van der Waals surface area contributed by atoms with Gasteiger partial charge < -0.3 is 5.11 Å². The Morgan fingerprint density at radius 3 is 2.42 bits per heavy atom. The second kappa shape index (κ2) is 4.44. The fourth-order valence-electron chi connectivity index (χ4n) is 0.906. The zero-order valence-electron chi connectivity index (χ0n) is 8.33. The summed E-state index contributed by atoms with van der Waals surface area (Å²) >= 11 is 0. The van der Waals surface area contributed by atoms with Crippen molar-refractivity contribution in [2.24, 2.45) is 5.92 Å². The van der Waals surface area contributed by atoms with Crippen molar-refractivity contribution in [1.29, 1.82) is 5.26 Å². The monoisotopic (exact) mass is 170 g/mol. The SMILES string of the molecule is CC(C)C(C)(O)CN(C)CC#N. The average Bonchev–Trinajstić information content (AvgIpc) is 1.85. The van der Waals surface area contributed by atoms with Crippen molar-refractivity contribution < 1.29 is 5.11 Å². The van der Waals surface area contributed by atoms with Crippen LogP contribution >= 0.6 is 0 Å². The zero-order valence-corrected chi connectivity index (χ0v) is 8.33. The normalized spacial score (nSPS) is 16.2. The van der Waals surface area contributed by atoms with Gasteiger partial charge in [-0.2, -0.15) is 5.26 Å². The van der Waals surface area contributed by atoms with Crippen molar-refractivity contribution in [2.45, 2.75) is 26.4 Å². The van der Waals surface area contributed by atoms with Crippen LogP contribution in [0.3, 0.4) is 0 Å². The molecule has 0 aliphatic rings.